The van der Waals surface area contributed by atoms with Crippen molar-refractivity contribution in [3.05, 3.63) is 46.2 Å². The van der Waals surface area contributed by atoms with Gasteiger partial charge in [-0.15, -0.1) is 11.3 Å². The van der Waals surface area contributed by atoms with Crippen LogP contribution in [0.25, 0.3) is 0 Å². The van der Waals surface area contributed by atoms with E-state index in [9.17, 15) is 9.00 Å². The molecule has 0 aliphatic rings. The van der Waals surface area contributed by atoms with Gasteiger partial charge in [-0.05, 0) is 24.3 Å². The van der Waals surface area contributed by atoms with E-state index in [4.69, 9.17) is 0 Å². The molecule has 1 aromatic carbocycles. The molecule has 0 aliphatic carbocycles. The highest BCUT2D eigenvalue weighted by molar-refractivity contribution is 7.84. The average molecular weight is 280 g/mol. The lowest BCUT2D eigenvalue weighted by molar-refractivity contribution is 0.0998. The summed E-state index contributed by atoms with van der Waals surface area (Å²) in [5.74, 6) is -0.290. The first-order chi connectivity index (χ1) is 8.58. The first-order valence-electron chi connectivity index (χ1n) is 5.20. The summed E-state index contributed by atoms with van der Waals surface area (Å²) in [6, 6.07) is 6.67. The summed E-state index contributed by atoms with van der Waals surface area (Å²) in [4.78, 5) is 17.3. The van der Waals surface area contributed by atoms with Gasteiger partial charge in [-0.1, -0.05) is 0 Å². The number of aryl methyl sites for hydroxylation is 1. The molecule has 1 atom stereocenters. The van der Waals surface area contributed by atoms with Crippen molar-refractivity contribution in [3.8, 4) is 0 Å². The molecule has 1 aromatic heterocycles. The van der Waals surface area contributed by atoms with Gasteiger partial charge >= 0.3 is 0 Å². The van der Waals surface area contributed by atoms with Crippen molar-refractivity contribution in [1.29, 1.82) is 0 Å². The van der Waals surface area contributed by atoms with Crippen LogP contribution in [0.5, 0.6) is 0 Å². The van der Waals surface area contributed by atoms with Crippen molar-refractivity contribution in [2.24, 2.45) is 12.0 Å². The van der Waals surface area contributed by atoms with E-state index in [1.54, 1.807) is 35.1 Å². The van der Waals surface area contributed by atoms with Crippen LogP contribution in [0.4, 0.5) is 0 Å². The summed E-state index contributed by atoms with van der Waals surface area (Å²) in [5, 5.41) is 1.87. The SMILES string of the molecule is Cn1ccsc1=NC(=O)c1ccc([S@](C)=O)cc1. The Morgan fingerprint density at radius 1 is 1.33 bits per heavy atom. The second-order valence-corrected chi connectivity index (χ2v) is 5.94. The molecule has 0 N–H and O–H groups in total. The van der Waals surface area contributed by atoms with Gasteiger partial charge in [0, 0.05) is 46.1 Å². The zero-order chi connectivity index (χ0) is 13.1. The predicted octanol–water partition coefficient (Wildman–Crippen LogP) is 1.57. The number of aromatic nitrogens is 1. The average Bonchev–Trinajstić information content (AvgIpc) is 2.75. The Kier molecular flexibility index (Phi) is 3.88. The van der Waals surface area contributed by atoms with Crippen molar-refractivity contribution in [3.63, 3.8) is 0 Å². The molecular weight excluding hydrogens is 268 g/mol. The van der Waals surface area contributed by atoms with E-state index in [1.807, 2.05) is 18.6 Å². The van der Waals surface area contributed by atoms with Crippen LogP contribution in [-0.4, -0.2) is 20.9 Å². The Hall–Kier alpha value is -1.53. The molecule has 0 radical (unpaired) electrons. The summed E-state index contributed by atoms with van der Waals surface area (Å²) in [5.41, 5.74) is 0.498. The number of amides is 1. The zero-order valence-electron chi connectivity index (χ0n) is 9.99. The topological polar surface area (TPSA) is 51.4 Å². The highest BCUT2D eigenvalue weighted by atomic mass is 32.2. The fourth-order valence-corrected chi connectivity index (χ4v) is 2.62. The minimum absolute atomic E-state index is 0.290. The third-order valence-electron chi connectivity index (χ3n) is 2.39. The molecule has 1 heterocycles. The standard InChI is InChI=1S/C12H12N2O2S2/c1-14-7-8-17-12(14)13-11(15)9-3-5-10(6-4-9)18(2)16/h3-8H,1-2H3/t18-/m0/s1. The smallest absolute Gasteiger partial charge is 0.279 e. The Morgan fingerprint density at radius 2 is 2.00 bits per heavy atom. The summed E-state index contributed by atoms with van der Waals surface area (Å²) in [7, 11) is 0.810. The number of hydrogen-bond acceptors (Lipinski definition) is 3. The molecule has 0 saturated heterocycles. The van der Waals surface area contributed by atoms with E-state index in [0.29, 0.717) is 15.3 Å². The number of hydrogen-bond donors (Lipinski definition) is 0. The molecule has 0 unspecified atom stereocenters. The van der Waals surface area contributed by atoms with E-state index >= 15 is 0 Å². The Bertz CT molecular complexity index is 653. The highest BCUT2D eigenvalue weighted by Gasteiger charge is 2.05. The number of rotatable bonds is 2. The quantitative estimate of drug-likeness (QED) is 0.838. The van der Waals surface area contributed by atoms with Gasteiger partial charge in [-0.25, -0.2) is 0 Å². The largest absolute Gasteiger partial charge is 0.327 e. The van der Waals surface area contributed by atoms with Crippen LogP contribution in [0.2, 0.25) is 0 Å². The molecule has 6 heteroatoms. The van der Waals surface area contributed by atoms with Crippen molar-refractivity contribution >= 4 is 28.0 Å². The predicted molar refractivity (Wildman–Crippen MR) is 72.0 cm³/mol. The molecule has 1 amide bonds. The van der Waals surface area contributed by atoms with Gasteiger partial charge in [0.2, 0.25) is 0 Å². The maximum atomic E-state index is 11.9. The van der Waals surface area contributed by atoms with E-state index in [0.717, 1.165) is 0 Å². The highest BCUT2D eigenvalue weighted by Crippen LogP contribution is 2.08. The molecule has 0 spiro atoms. The number of nitrogens with zero attached hydrogens (tertiary/aromatic N) is 2. The summed E-state index contributed by atoms with van der Waals surface area (Å²) in [6.07, 6.45) is 3.45. The molecule has 0 bridgehead atoms. The minimum Gasteiger partial charge on any atom is -0.327 e. The van der Waals surface area contributed by atoms with E-state index < -0.39 is 10.8 Å². The van der Waals surface area contributed by atoms with Gasteiger partial charge in [-0.3, -0.25) is 9.00 Å². The number of carbonyl (C=O) groups excluding carboxylic acids is 1. The van der Waals surface area contributed by atoms with Gasteiger partial charge in [0.1, 0.15) is 0 Å². The summed E-state index contributed by atoms with van der Waals surface area (Å²) < 4.78 is 13.0. The number of carbonyl (C=O) groups is 1. The fraction of sp³-hybridized carbons (Fsp3) is 0.167. The Labute approximate surface area is 111 Å². The molecule has 0 aliphatic heterocycles. The lowest BCUT2D eigenvalue weighted by Crippen LogP contribution is -2.12. The molecule has 4 nitrogen and oxygen atoms in total. The Morgan fingerprint density at radius 3 is 2.50 bits per heavy atom. The zero-order valence-corrected chi connectivity index (χ0v) is 11.6. The van der Waals surface area contributed by atoms with E-state index in [-0.39, 0.29) is 5.91 Å². The number of thiazole rings is 1. The molecule has 94 valence electrons. The fourth-order valence-electron chi connectivity index (χ4n) is 1.38. The van der Waals surface area contributed by atoms with Crippen molar-refractivity contribution in [2.45, 2.75) is 4.90 Å². The number of benzene rings is 1. The third kappa shape index (κ3) is 2.83. The third-order valence-corrected chi connectivity index (χ3v) is 4.17. The first-order valence-corrected chi connectivity index (χ1v) is 7.64. The van der Waals surface area contributed by atoms with Crippen LogP contribution >= 0.6 is 11.3 Å². The minimum atomic E-state index is -1.03. The normalized spacial score (nSPS) is 13.6. The summed E-state index contributed by atoms with van der Waals surface area (Å²) in [6.45, 7) is 0. The van der Waals surface area contributed by atoms with Crippen LogP contribution in [-0.2, 0) is 17.8 Å². The van der Waals surface area contributed by atoms with Crippen molar-refractivity contribution < 1.29 is 9.00 Å². The second-order valence-electron chi connectivity index (χ2n) is 3.69. The first kappa shape index (κ1) is 12.9. The maximum absolute atomic E-state index is 11.9. The van der Waals surface area contributed by atoms with Crippen LogP contribution in [0, 0.1) is 0 Å². The second kappa shape index (κ2) is 5.41. The van der Waals surface area contributed by atoms with Crippen molar-refractivity contribution in [2.75, 3.05) is 6.26 Å². The van der Waals surface area contributed by atoms with Gasteiger partial charge in [0.05, 0.1) is 0 Å². The molecule has 18 heavy (non-hydrogen) atoms. The van der Waals surface area contributed by atoms with Gasteiger partial charge in [0.15, 0.2) is 4.80 Å². The van der Waals surface area contributed by atoms with Crippen molar-refractivity contribution in [1.82, 2.24) is 4.57 Å². The molecule has 0 saturated carbocycles. The van der Waals surface area contributed by atoms with Gasteiger partial charge < -0.3 is 4.57 Å². The van der Waals surface area contributed by atoms with Crippen LogP contribution in [0.15, 0.2) is 45.7 Å². The Balaban J connectivity index is 2.30. The molecular formula is C12H12N2O2S2. The summed E-state index contributed by atoms with van der Waals surface area (Å²) >= 11 is 1.41. The van der Waals surface area contributed by atoms with E-state index in [2.05, 4.69) is 4.99 Å². The van der Waals surface area contributed by atoms with Crippen LogP contribution in [0.1, 0.15) is 10.4 Å². The maximum Gasteiger partial charge on any atom is 0.279 e. The van der Waals surface area contributed by atoms with Crippen LogP contribution < -0.4 is 4.80 Å². The van der Waals surface area contributed by atoms with Crippen LogP contribution in [0.3, 0.4) is 0 Å². The molecule has 0 fully saturated rings. The lowest BCUT2D eigenvalue weighted by Gasteiger charge is -1.98. The molecule has 2 rings (SSSR count). The monoisotopic (exact) mass is 280 g/mol. The van der Waals surface area contributed by atoms with Gasteiger partial charge in [0.25, 0.3) is 5.91 Å². The van der Waals surface area contributed by atoms with Gasteiger partial charge in [-0.2, -0.15) is 4.99 Å². The molecule has 2 aromatic rings. The van der Waals surface area contributed by atoms with E-state index in [1.165, 1.54) is 11.3 Å². The lowest BCUT2D eigenvalue weighted by atomic mass is 10.2.